The van der Waals surface area contributed by atoms with Crippen molar-refractivity contribution in [3.05, 3.63) is 53.9 Å². The summed E-state index contributed by atoms with van der Waals surface area (Å²) in [4.78, 5) is 30.2. The number of nitrogens with zero attached hydrogens (tertiary/aromatic N) is 2. The van der Waals surface area contributed by atoms with E-state index in [1.807, 2.05) is 12.1 Å². The van der Waals surface area contributed by atoms with Gasteiger partial charge in [0.25, 0.3) is 5.91 Å². The van der Waals surface area contributed by atoms with Crippen LogP contribution < -0.4 is 9.47 Å². The minimum absolute atomic E-state index is 0.238. The molecule has 1 saturated heterocycles. The SMILES string of the molecule is COc1cc(OC)cc(C2CC(OC(=O)c3cccnc3)C(=O)N2C)c1. The van der Waals surface area contributed by atoms with Crippen molar-refractivity contribution < 1.29 is 23.8 Å². The number of pyridine rings is 1. The number of ether oxygens (including phenoxy) is 3. The van der Waals surface area contributed by atoms with E-state index in [1.165, 1.54) is 6.20 Å². The lowest BCUT2D eigenvalue weighted by Gasteiger charge is -2.20. The Morgan fingerprint density at radius 3 is 2.46 bits per heavy atom. The molecule has 1 amide bonds. The number of likely N-dealkylation sites (tertiary alicyclic amines) is 1. The summed E-state index contributed by atoms with van der Waals surface area (Å²) in [6.07, 6.45) is 2.50. The average molecular weight is 356 g/mol. The highest BCUT2D eigenvalue weighted by molar-refractivity contribution is 5.92. The number of hydrogen-bond acceptors (Lipinski definition) is 6. The van der Waals surface area contributed by atoms with E-state index in [-0.39, 0.29) is 11.9 Å². The molecule has 1 aliphatic rings. The van der Waals surface area contributed by atoms with E-state index in [0.29, 0.717) is 23.5 Å². The van der Waals surface area contributed by atoms with E-state index in [2.05, 4.69) is 4.98 Å². The number of aromatic nitrogens is 1. The number of esters is 1. The molecule has 0 radical (unpaired) electrons. The fourth-order valence-electron chi connectivity index (χ4n) is 3.00. The molecule has 0 aliphatic carbocycles. The van der Waals surface area contributed by atoms with Gasteiger partial charge in [0.2, 0.25) is 0 Å². The van der Waals surface area contributed by atoms with Crippen LogP contribution in [0, 0.1) is 0 Å². The summed E-state index contributed by atoms with van der Waals surface area (Å²) in [6, 6.07) is 8.47. The van der Waals surface area contributed by atoms with Gasteiger partial charge in [-0.15, -0.1) is 0 Å². The van der Waals surface area contributed by atoms with Gasteiger partial charge in [0.1, 0.15) is 11.5 Å². The normalized spacial score (nSPS) is 19.3. The molecule has 0 spiro atoms. The molecule has 2 aromatic rings. The lowest BCUT2D eigenvalue weighted by atomic mass is 10.0. The average Bonchev–Trinajstić information content (AvgIpc) is 2.96. The summed E-state index contributed by atoms with van der Waals surface area (Å²) >= 11 is 0. The van der Waals surface area contributed by atoms with E-state index in [9.17, 15) is 9.59 Å². The first-order valence-electron chi connectivity index (χ1n) is 8.14. The zero-order chi connectivity index (χ0) is 18.7. The first-order valence-corrected chi connectivity index (χ1v) is 8.14. The van der Waals surface area contributed by atoms with E-state index in [0.717, 1.165) is 5.56 Å². The molecule has 26 heavy (non-hydrogen) atoms. The number of benzene rings is 1. The van der Waals surface area contributed by atoms with Crippen LogP contribution in [-0.2, 0) is 9.53 Å². The molecule has 2 unspecified atom stereocenters. The quantitative estimate of drug-likeness (QED) is 0.765. The highest BCUT2D eigenvalue weighted by Gasteiger charge is 2.41. The molecule has 1 aromatic heterocycles. The number of amides is 1. The lowest BCUT2D eigenvalue weighted by molar-refractivity contribution is -0.134. The van der Waals surface area contributed by atoms with Crippen LogP contribution in [0.1, 0.15) is 28.4 Å². The van der Waals surface area contributed by atoms with Gasteiger partial charge in [-0.3, -0.25) is 9.78 Å². The van der Waals surface area contributed by atoms with E-state index in [1.54, 1.807) is 50.6 Å². The highest BCUT2D eigenvalue weighted by Crippen LogP contribution is 2.36. The molecular formula is C19H20N2O5. The predicted octanol–water partition coefficient (Wildman–Crippen LogP) is 2.23. The van der Waals surface area contributed by atoms with E-state index >= 15 is 0 Å². The Morgan fingerprint density at radius 1 is 1.19 bits per heavy atom. The maximum absolute atomic E-state index is 12.5. The van der Waals surface area contributed by atoms with Crippen molar-refractivity contribution in [3.8, 4) is 11.5 Å². The van der Waals surface area contributed by atoms with E-state index < -0.39 is 12.1 Å². The third kappa shape index (κ3) is 3.46. The van der Waals surface area contributed by atoms with Crippen molar-refractivity contribution in [2.75, 3.05) is 21.3 Å². The standard InChI is InChI=1S/C19H20N2O5/c1-21-16(13-7-14(24-2)9-15(8-13)25-3)10-17(18(21)22)26-19(23)12-5-4-6-20-11-12/h4-9,11,16-17H,10H2,1-3H3. The number of carbonyl (C=O) groups excluding carboxylic acids is 2. The predicted molar refractivity (Wildman–Crippen MR) is 93.1 cm³/mol. The molecule has 1 fully saturated rings. The van der Waals surface area contributed by atoms with Gasteiger partial charge in [0.15, 0.2) is 6.10 Å². The second-order valence-electron chi connectivity index (χ2n) is 5.98. The molecule has 1 aliphatic heterocycles. The number of likely N-dealkylation sites (N-methyl/N-ethyl adjacent to an activating group) is 1. The first kappa shape index (κ1) is 17.7. The molecule has 0 bridgehead atoms. The Morgan fingerprint density at radius 2 is 1.88 bits per heavy atom. The van der Waals surface area contributed by atoms with Crippen LogP contribution in [0.4, 0.5) is 0 Å². The van der Waals surface area contributed by atoms with E-state index in [4.69, 9.17) is 14.2 Å². The molecule has 7 nitrogen and oxygen atoms in total. The zero-order valence-electron chi connectivity index (χ0n) is 14.8. The van der Waals surface area contributed by atoms with Crippen LogP contribution in [0.15, 0.2) is 42.7 Å². The molecule has 0 saturated carbocycles. The van der Waals surface area contributed by atoms with Crippen LogP contribution in [0.5, 0.6) is 11.5 Å². The summed E-state index contributed by atoms with van der Waals surface area (Å²) in [6.45, 7) is 0. The van der Waals surface area contributed by atoms with Gasteiger partial charge in [-0.25, -0.2) is 4.79 Å². The van der Waals surface area contributed by atoms with Crippen LogP contribution in [0.2, 0.25) is 0 Å². The molecule has 3 rings (SSSR count). The molecular weight excluding hydrogens is 336 g/mol. The minimum Gasteiger partial charge on any atom is -0.497 e. The van der Waals surface area contributed by atoms with Gasteiger partial charge in [0.05, 0.1) is 25.8 Å². The topological polar surface area (TPSA) is 78.0 Å². The Balaban J connectivity index is 1.80. The lowest BCUT2D eigenvalue weighted by Crippen LogP contribution is -2.30. The Hall–Kier alpha value is -3.09. The smallest absolute Gasteiger partial charge is 0.340 e. The summed E-state index contributed by atoms with van der Waals surface area (Å²) in [5.74, 6) is 0.467. The van der Waals surface area contributed by atoms with Crippen molar-refractivity contribution >= 4 is 11.9 Å². The Labute approximate surface area is 151 Å². The number of rotatable bonds is 5. The maximum atomic E-state index is 12.5. The van der Waals surface area contributed by atoms with Crippen LogP contribution in [0.25, 0.3) is 0 Å². The number of hydrogen-bond donors (Lipinski definition) is 0. The number of carbonyl (C=O) groups is 2. The van der Waals surface area contributed by atoms with Crippen molar-refractivity contribution in [3.63, 3.8) is 0 Å². The zero-order valence-corrected chi connectivity index (χ0v) is 14.8. The van der Waals surface area contributed by atoms with Crippen molar-refractivity contribution in [1.29, 1.82) is 0 Å². The van der Waals surface area contributed by atoms with Gasteiger partial charge >= 0.3 is 5.97 Å². The van der Waals surface area contributed by atoms with Crippen LogP contribution >= 0.6 is 0 Å². The monoisotopic (exact) mass is 356 g/mol. The van der Waals surface area contributed by atoms with Gasteiger partial charge < -0.3 is 19.1 Å². The van der Waals surface area contributed by atoms with Crippen molar-refractivity contribution in [1.82, 2.24) is 9.88 Å². The summed E-state index contributed by atoms with van der Waals surface area (Å²) in [7, 11) is 4.83. The molecule has 7 heteroatoms. The third-order valence-corrected chi connectivity index (χ3v) is 4.43. The van der Waals surface area contributed by atoms with Gasteiger partial charge in [-0.2, -0.15) is 0 Å². The first-order chi connectivity index (χ1) is 12.5. The van der Waals surface area contributed by atoms with Gasteiger partial charge in [-0.05, 0) is 29.8 Å². The van der Waals surface area contributed by atoms with Crippen LogP contribution in [0.3, 0.4) is 0 Å². The molecule has 2 atom stereocenters. The largest absolute Gasteiger partial charge is 0.497 e. The Bertz CT molecular complexity index is 787. The molecule has 2 heterocycles. The molecule has 1 aromatic carbocycles. The maximum Gasteiger partial charge on any atom is 0.340 e. The van der Waals surface area contributed by atoms with Crippen molar-refractivity contribution in [2.45, 2.75) is 18.6 Å². The fourth-order valence-corrected chi connectivity index (χ4v) is 3.00. The summed E-state index contributed by atoms with van der Waals surface area (Å²) in [5, 5.41) is 0. The fraction of sp³-hybridized carbons (Fsp3) is 0.316. The van der Waals surface area contributed by atoms with Crippen molar-refractivity contribution in [2.24, 2.45) is 0 Å². The second-order valence-corrected chi connectivity index (χ2v) is 5.98. The minimum atomic E-state index is -0.838. The number of methoxy groups -OCH3 is 2. The summed E-state index contributed by atoms with van der Waals surface area (Å²) < 4.78 is 16.0. The highest BCUT2D eigenvalue weighted by atomic mass is 16.5. The third-order valence-electron chi connectivity index (χ3n) is 4.43. The van der Waals surface area contributed by atoms with Gasteiger partial charge in [0, 0.05) is 31.9 Å². The molecule has 0 N–H and O–H groups in total. The molecule has 136 valence electrons. The van der Waals surface area contributed by atoms with Gasteiger partial charge in [-0.1, -0.05) is 0 Å². The Kier molecular flexibility index (Phi) is 5.06. The van der Waals surface area contributed by atoms with Crippen LogP contribution in [-0.4, -0.2) is 49.1 Å². The second kappa shape index (κ2) is 7.43. The summed E-state index contributed by atoms with van der Waals surface area (Å²) in [5.41, 5.74) is 1.17.